The minimum absolute atomic E-state index is 0.00404. The van der Waals surface area contributed by atoms with Crippen molar-refractivity contribution in [2.75, 3.05) is 32.2 Å². The Morgan fingerprint density at radius 3 is 2.20 bits per heavy atom. The van der Waals surface area contributed by atoms with E-state index in [9.17, 15) is 30.2 Å². The number of aliphatic hydroxyl groups is 2. The van der Waals surface area contributed by atoms with Crippen LogP contribution in [0, 0.1) is 36.2 Å². The molecule has 0 spiro atoms. The van der Waals surface area contributed by atoms with E-state index in [1.165, 1.54) is 100 Å². The zero-order valence-electron chi connectivity index (χ0n) is 34.3. The Kier molecular flexibility index (Phi) is 19.5. The smallest absolute Gasteiger partial charge is 0.472 e. The van der Waals surface area contributed by atoms with E-state index in [-0.39, 0.29) is 35.1 Å². The number of phosphoric acid groups is 1. The molecule has 3 heterocycles. The lowest BCUT2D eigenvalue weighted by atomic mass is 9.92. The molecule has 17 heteroatoms. The van der Waals surface area contributed by atoms with E-state index in [0.29, 0.717) is 17.7 Å². The molecule has 1 aromatic carbocycles. The molecule has 1 aliphatic rings. The van der Waals surface area contributed by atoms with Gasteiger partial charge in [0.15, 0.2) is 5.82 Å². The molecule has 4 rings (SSSR count). The maximum Gasteiger partial charge on any atom is 0.472 e. The van der Waals surface area contributed by atoms with Gasteiger partial charge in [0.2, 0.25) is 11.3 Å². The molecule has 16 nitrogen and oxygen atoms in total. The topological polar surface area (TPSA) is 232 Å². The van der Waals surface area contributed by atoms with Gasteiger partial charge >= 0.3 is 7.82 Å². The Morgan fingerprint density at radius 1 is 0.983 bits per heavy atom. The van der Waals surface area contributed by atoms with E-state index in [2.05, 4.69) is 21.9 Å². The SMILES string of the molecule is [C-]#[N+]c1cc(C)cc(C#N)c1O[C@H](COCCCCCCCCCCCCCCCCCC)COP(=O)(O)OC[C@H]1O[C@@](C#N)(c2ccc3c(N)ncnn23)[C@H](O)[C@@H]1O. The van der Waals surface area contributed by atoms with Crippen molar-refractivity contribution in [1.29, 1.82) is 10.5 Å². The number of hydrogen-bond acceptors (Lipinski definition) is 13. The van der Waals surface area contributed by atoms with Crippen LogP contribution in [0.5, 0.6) is 5.75 Å². The second-order valence-corrected chi connectivity index (χ2v) is 16.6. The van der Waals surface area contributed by atoms with Crippen LogP contribution in [0.25, 0.3) is 10.4 Å². The average molecular weight is 838 g/mol. The molecule has 0 radical (unpaired) electrons. The summed E-state index contributed by atoms with van der Waals surface area (Å²) in [7, 11) is -4.89. The molecule has 0 aliphatic carbocycles. The molecule has 1 saturated heterocycles. The summed E-state index contributed by atoms with van der Waals surface area (Å²) in [6, 6.07) is 10.0. The third kappa shape index (κ3) is 13.7. The third-order valence-electron chi connectivity index (χ3n) is 10.5. The number of benzene rings is 1. The molecule has 0 saturated carbocycles. The van der Waals surface area contributed by atoms with Crippen molar-refractivity contribution in [2.45, 2.75) is 147 Å². The number of aryl methyl sites for hydroxylation is 1. The molecule has 322 valence electrons. The van der Waals surface area contributed by atoms with E-state index in [1.54, 1.807) is 19.1 Å². The third-order valence-corrected chi connectivity index (χ3v) is 11.4. The molecule has 1 fully saturated rings. The molecular weight excluding hydrogens is 777 g/mol. The number of rotatable bonds is 28. The van der Waals surface area contributed by atoms with Gasteiger partial charge in [0.25, 0.3) is 0 Å². The first-order valence-corrected chi connectivity index (χ1v) is 22.3. The van der Waals surface area contributed by atoms with Crippen LogP contribution < -0.4 is 10.5 Å². The van der Waals surface area contributed by atoms with Gasteiger partial charge in [0, 0.05) is 6.61 Å². The zero-order valence-corrected chi connectivity index (χ0v) is 35.2. The number of nitrogens with two attached hydrogens (primary N) is 1. The number of anilines is 1. The molecule has 59 heavy (non-hydrogen) atoms. The molecule has 6 atom stereocenters. The van der Waals surface area contributed by atoms with Crippen molar-refractivity contribution in [2.24, 2.45) is 0 Å². The molecule has 0 amide bonds. The van der Waals surface area contributed by atoms with Crippen LogP contribution >= 0.6 is 7.82 Å². The van der Waals surface area contributed by atoms with Crippen LogP contribution in [-0.4, -0.2) is 80.5 Å². The molecule has 2 aromatic heterocycles. The predicted octanol–water partition coefficient (Wildman–Crippen LogP) is 7.74. The molecule has 3 aromatic rings. The van der Waals surface area contributed by atoms with Crippen molar-refractivity contribution in [3.05, 3.63) is 58.8 Å². The van der Waals surface area contributed by atoms with Gasteiger partial charge in [-0.15, -0.1) is 0 Å². The number of nitrogens with zero attached hydrogens (tertiary/aromatic N) is 6. The Labute approximate surface area is 347 Å². The fourth-order valence-corrected chi connectivity index (χ4v) is 7.99. The lowest BCUT2D eigenvalue weighted by Gasteiger charge is -2.24. The summed E-state index contributed by atoms with van der Waals surface area (Å²) in [4.78, 5) is 18.1. The summed E-state index contributed by atoms with van der Waals surface area (Å²) in [5.41, 5.74) is 5.03. The minimum atomic E-state index is -4.89. The van der Waals surface area contributed by atoms with Crippen LogP contribution in [0.3, 0.4) is 0 Å². The van der Waals surface area contributed by atoms with Crippen LogP contribution in [0.2, 0.25) is 0 Å². The van der Waals surface area contributed by atoms with Crippen molar-refractivity contribution in [1.82, 2.24) is 14.6 Å². The highest BCUT2D eigenvalue weighted by atomic mass is 31.2. The van der Waals surface area contributed by atoms with Crippen molar-refractivity contribution >= 4 is 24.8 Å². The highest BCUT2D eigenvalue weighted by molar-refractivity contribution is 7.47. The number of unbranched alkanes of at least 4 members (excludes halogenated alkanes) is 15. The van der Waals surface area contributed by atoms with E-state index in [4.69, 9.17) is 35.6 Å². The molecule has 0 bridgehead atoms. The largest absolute Gasteiger partial charge is 0.495 e. The summed E-state index contributed by atoms with van der Waals surface area (Å²) >= 11 is 0. The minimum Gasteiger partial charge on any atom is -0.495 e. The number of aliphatic hydroxyl groups excluding tert-OH is 2. The maximum absolute atomic E-state index is 13.1. The second-order valence-electron chi connectivity index (χ2n) is 15.2. The van der Waals surface area contributed by atoms with Crippen LogP contribution in [0.15, 0.2) is 30.6 Å². The number of fused-ring (bicyclic) bond motifs is 1. The van der Waals surface area contributed by atoms with Crippen LogP contribution in [0.1, 0.15) is 126 Å². The number of nitriles is 2. The van der Waals surface area contributed by atoms with E-state index in [1.807, 2.05) is 12.1 Å². The molecule has 1 aliphatic heterocycles. The summed E-state index contributed by atoms with van der Waals surface area (Å²) in [6.07, 6.45) is 15.1. The van der Waals surface area contributed by atoms with Gasteiger partial charge in [0.05, 0.1) is 37.7 Å². The maximum atomic E-state index is 13.1. The summed E-state index contributed by atoms with van der Waals surface area (Å²) < 4.78 is 42.6. The van der Waals surface area contributed by atoms with E-state index >= 15 is 0 Å². The van der Waals surface area contributed by atoms with Gasteiger partial charge in [-0.1, -0.05) is 109 Å². The van der Waals surface area contributed by atoms with Crippen molar-refractivity contribution < 1.29 is 42.9 Å². The Hall–Kier alpha value is -4.14. The van der Waals surface area contributed by atoms with E-state index in [0.717, 1.165) is 25.6 Å². The Balaban J connectivity index is 1.25. The fraction of sp³-hybridized carbons (Fsp3) is 0.643. The number of hydrogen-bond donors (Lipinski definition) is 4. The first kappa shape index (κ1) is 47.5. The summed E-state index contributed by atoms with van der Waals surface area (Å²) in [6.45, 7) is 10.6. The molecule has 1 unspecified atom stereocenters. The normalized spacial score (nSPS) is 20.5. The summed E-state index contributed by atoms with van der Waals surface area (Å²) in [5.74, 6) is 0.103. The standard InChI is InChI=1S/C42H60N7O9P/c1-4-5-6-7-8-9-10-11-12-13-14-15-16-17-18-19-22-54-26-33(57-39-32(25-43)23-31(2)24-34(39)46-3)27-55-59(52,53)56-28-36-38(50)40(51)42(29-44,58-36)37-21-20-35-41(45)47-30-48-49(35)37/h20-21,23-24,30,33,36,38,40,50-51H,4-19,22,26-28H2,1-2H3,(H,52,53)(H2,45,47,48)/t33-,36-,38-,40-,42+/m1/s1. The first-order valence-electron chi connectivity index (χ1n) is 20.8. The quantitative estimate of drug-likeness (QED) is 0.0311. The first-order chi connectivity index (χ1) is 28.5. The Bertz CT molecular complexity index is 1910. The predicted molar refractivity (Wildman–Crippen MR) is 220 cm³/mol. The second kappa shape index (κ2) is 24.2. The van der Waals surface area contributed by atoms with Crippen LogP contribution in [-0.2, 0) is 28.7 Å². The fourth-order valence-electron chi connectivity index (χ4n) is 7.23. The lowest BCUT2D eigenvalue weighted by Crippen LogP contribution is -2.41. The van der Waals surface area contributed by atoms with Gasteiger partial charge in [-0.05, 0) is 37.6 Å². The van der Waals surface area contributed by atoms with Crippen LogP contribution in [0.4, 0.5) is 11.5 Å². The van der Waals surface area contributed by atoms with Gasteiger partial charge in [0.1, 0.15) is 54.1 Å². The van der Waals surface area contributed by atoms with Gasteiger partial charge in [-0.2, -0.15) is 15.6 Å². The average Bonchev–Trinajstić information content (AvgIpc) is 3.78. The highest BCUT2D eigenvalue weighted by Crippen LogP contribution is 2.46. The number of nitrogen functional groups attached to an aromatic ring is 1. The zero-order chi connectivity index (χ0) is 42.7. The van der Waals surface area contributed by atoms with E-state index < -0.39 is 51.1 Å². The number of aromatic nitrogens is 3. The number of phosphoric ester groups is 1. The van der Waals surface area contributed by atoms with Crippen molar-refractivity contribution in [3.63, 3.8) is 0 Å². The van der Waals surface area contributed by atoms with Gasteiger partial charge < -0.3 is 35.1 Å². The lowest BCUT2D eigenvalue weighted by molar-refractivity contribution is -0.0651. The molecule has 5 N–H and O–H groups in total. The van der Waals surface area contributed by atoms with Gasteiger partial charge in [-0.25, -0.2) is 18.9 Å². The van der Waals surface area contributed by atoms with Crippen molar-refractivity contribution in [3.8, 4) is 17.9 Å². The number of ether oxygens (including phenoxy) is 3. The molecular formula is C42H60N7O9P. The monoisotopic (exact) mass is 837 g/mol. The highest BCUT2D eigenvalue weighted by Gasteiger charge is 2.58. The van der Waals surface area contributed by atoms with Gasteiger partial charge in [-0.3, -0.25) is 9.05 Å². The Morgan fingerprint density at radius 2 is 1.61 bits per heavy atom. The summed E-state index contributed by atoms with van der Waals surface area (Å²) in [5, 5.41) is 45.9.